The van der Waals surface area contributed by atoms with Crippen molar-refractivity contribution in [2.75, 3.05) is 0 Å². The number of rotatable bonds is 3. The van der Waals surface area contributed by atoms with Crippen molar-refractivity contribution in [3.63, 3.8) is 0 Å². The summed E-state index contributed by atoms with van der Waals surface area (Å²) in [5, 5.41) is 9.50. The van der Waals surface area contributed by atoms with Gasteiger partial charge in [-0.05, 0) is 18.4 Å². The highest BCUT2D eigenvalue weighted by Gasteiger charge is 2.21. The summed E-state index contributed by atoms with van der Waals surface area (Å²) in [5.41, 5.74) is 2.16. The maximum Gasteiger partial charge on any atom is 0.0847 e. The summed E-state index contributed by atoms with van der Waals surface area (Å²) in [4.78, 5) is 0. The molecule has 14 heavy (non-hydrogen) atoms. The van der Waals surface area contributed by atoms with Crippen molar-refractivity contribution >= 4 is 11.6 Å². The standard InChI is InChI=1S/C12H17ClO/c1-8(2)12(14)11(13)10-6-4-5-9(3)7-10/h4-8,11-12,14H,1-3H3/t11-,12-/m1/s1. The highest BCUT2D eigenvalue weighted by atomic mass is 35.5. The molecule has 2 heteroatoms. The minimum absolute atomic E-state index is 0.179. The smallest absolute Gasteiger partial charge is 0.0847 e. The zero-order valence-electron chi connectivity index (χ0n) is 8.87. The summed E-state index contributed by atoms with van der Waals surface area (Å²) in [6, 6.07) is 7.96. The lowest BCUT2D eigenvalue weighted by Crippen LogP contribution is -2.20. The van der Waals surface area contributed by atoms with Gasteiger partial charge < -0.3 is 5.11 Å². The minimum Gasteiger partial charge on any atom is -0.391 e. The second-order valence-electron chi connectivity index (χ2n) is 4.05. The molecule has 0 saturated heterocycles. The van der Waals surface area contributed by atoms with Crippen LogP contribution in [0.1, 0.15) is 30.4 Å². The third-order valence-electron chi connectivity index (χ3n) is 2.34. The summed E-state index contributed by atoms with van der Waals surface area (Å²) >= 11 is 6.17. The SMILES string of the molecule is Cc1cccc([C@@H](Cl)[C@H](O)C(C)C)c1. The number of benzene rings is 1. The Kier molecular flexibility index (Phi) is 3.97. The van der Waals surface area contributed by atoms with Crippen LogP contribution in [-0.2, 0) is 0 Å². The van der Waals surface area contributed by atoms with Crippen LogP contribution in [0.2, 0.25) is 0 Å². The Labute approximate surface area is 90.7 Å². The van der Waals surface area contributed by atoms with Crippen LogP contribution in [0.3, 0.4) is 0 Å². The second-order valence-corrected chi connectivity index (χ2v) is 4.52. The summed E-state index contributed by atoms with van der Waals surface area (Å²) in [7, 11) is 0. The van der Waals surface area contributed by atoms with Gasteiger partial charge in [0.25, 0.3) is 0 Å². The predicted octanol–water partition coefficient (Wildman–Crippen LogP) is 3.29. The molecule has 0 saturated carbocycles. The van der Waals surface area contributed by atoms with Crippen molar-refractivity contribution in [1.82, 2.24) is 0 Å². The Hall–Kier alpha value is -0.530. The molecule has 1 N–H and O–H groups in total. The Balaban J connectivity index is 2.83. The molecule has 0 bridgehead atoms. The van der Waals surface area contributed by atoms with Gasteiger partial charge >= 0.3 is 0 Å². The van der Waals surface area contributed by atoms with Gasteiger partial charge in [0, 0.05) is 0 Å². The lowest BCUT2D eigenvalue weighted by molar-refractivity contribution is 0.120. The van der Waals surface area contributed by atoms with Gasteiger partial charge in [0.15, 0.2) is 0 Å². The number of aryl methyl sites for hydroxylation is 1. The molecular weight excluding hydrogens is 196 g/mol. The zero-order valence-corrected chi connectivity index (χ0v) is 9.62. The zero-order chi connectivity index (χ0) is 10.7. The molecule has 0 aliphatic heterocycles. The van der Waals surface area contributed by atoms with E-state index in [0.717, 1.165) is 5.56 Å². The molecule has 0 amide bonds. The Morgan fingerprint density at radius 2 is 1.93 bits per heavy atom. The lowest BCUT2D eigenvalue weighted by Gasteiger charge is -2.20. The molecule has 1 aromatic carbocycles. The van der Waals surface area contributed by atoms with E-state index in [1.54, 1.807) is 0 Å². The average molecular weight is 213 g/mol. The maximum atomic E-state index is 9.81. The first-order valence-corrected chi connectivity index (χ1v) is 5.34. The first kappa shape index (κ1) is 11.5. The van der Waals surface area contributed by atoms with Crippen molar-refractivity contribution in [3.05, 3.63) is 35.4 Å². The summed E-state index contributed by atoms with van der Waals surface area (Å²) in [5.74, 6) is 0.179. The van der Waals surface area contributed by atoms with Crippen molar-refractivity contribution < 1.29 is 5.11 Å². The van der Waals surface area contributed by atoms with Gasteiger partial charge in [-0.1, -0.05) is 43.7 Å². The minimum atomic E-state index is -0.488. The third kappa shape index (κ3) is 2.73. The molecule has 0 unspecified atom stereocenters. The van der Waals surface area contributed by atoms with Crippen LogP contribution in [0.5, 0.6) is 0 Å². The number of aliphatic hydroxyl groups is 1. The van der Waals surface area contributed by atoms with Crippen LogP contribution >= 0.6 is 11.6 Å². The van der Waals surface area contributed by atoms with Crippen LogP contribution in [0.4, 0.5) is 0 Å². The molecule has 0 fully saturated rings. The monoisotopic (exact) mass is 212 g/mol. The van der Waals surface area contributed by atoms with E-state index in [-0.39, 0.29) is 11.3 Å². The van der Waals surface area contributed by atoms with Crippen molar-refractivity contribution in [2.45, 2.75) is 32.3 Å². The van der Waals surface area contributed by atoms with Crippen molar-refractivity contribution in [1.29, 1.82) is 0 Å². The third-order valence-corrected chi connectivity index (χ3v) is 2.85. The highest BCUT2D eigenvalue weighted by Crippen LogP contribution is 2.28. The number of hydrogen-bond donors (Lipinski definition) is 1. The van der Waals surface area contributed by atoms with Gasteiger partial charge in [-0.15, -0.1) is 11.6 Å². The lowest BCUT2D eigenvalue weighted by atomic mass is 9.98. The van der Waals surface area contributed by atoms with Crippen LogP contribution in [0, 0.1) is 12.8 Å². The van der Waals surface area contributed by atoms with E-state index in [4.69, 9.17) is 11.6 Å². The fraction of sp³-hybridized carbons (Fsp3) is 0.500. The van der Waals surface area contributed by atoms with E-state index < -0.39 is 6.10 Å². The molecule has 1 rings (SSSR count). The van der Waals surface area contributed by atoms with E-state index in [0.29, 0.717) is 0 Å². The van der Waals surface area contributed by atoms with E-state index in [9.17, 15) is 5.11 Å². The van der Waals surface area contributed by atoms with Gasteiger partial charge in [-0.25, -0.2) is 0 Å². The van der Waals surface area contributed by atoms with Gasteiger partial charge in [0.1, 0.15) is 0 Å². The van der Waals surface area contributed by atoms with Crippen molar-refractivity contribution in [3.8, 4) is 0 Å². The fourth-order valence-corrected chi connectivity index (χ4v) is 1.80. The molecule has 2 atom stereocenters. The molecule has 0 aliphatic rings. The predicted molar refractivity (Wildman–Crippen MR) is 60.6 cm³/mol. The van der Waals surface area contributed by atoms with Gasteiger partial charge in [0.05, 0.1) is 11.5 Å². The molecule has 0 aromatic heterocycles. The molecule has 0 spiro atoms. The highest BCUT2D eigenvalue weighted by molar-refractivity contribution is 6.21. The first-order valence-electron chi connectivity index (χ1n) is 4.91. The van der Waals surface area contributed by atoms with E-state index in [1.807, 2.05) is 45.0 Å². The van der Waals surface area contributed by atoms with Crippen LogP contribution in [0.25, 0.3) is 0 Å². The quantitative estimate of drug-likeness (QED) is 0.763. The first-order chi connectivity index (χ1) is 6.52. The fourth-order valence-electron chi connectivity index (χ4n) is 1.38. The van der Waals surface area contributed by atoms with Crippen molar-refractivity contribution in [2.24, 2.45) is 5.92 Å². The molecule has 1 aromatic rings. The molecule has 0 radical (unpaired) electrons. The van der Waals surface area contributed by atoms with Crippen LogP contribution in [0.15, 0.2) is 24.3 Å². The topological polar surface area (TPSA) is 20.2 Å². The average Bonchev–Trinajstić information content (AvgIpc) is 2.15. The number of hydrogen-bond acceptors (Lipinski definition) is 1. The van der Waals surface area contributed by atoms with E-state index in [2.05, 4.69) is 0 Å². The molecule has 0 aliphatic carbocycles. The second kappa shape index (κ2) is 4.81. The molecule has 78 valence electrons. The molecule has 1 nitrogen and oxygen atoms in total. The number of aliphatic hydroxyl groups excluding tert-OH is 1. The maximum absolute atomic E-state index is 9.81. The Morgan fingerprint density at radius 1 is 1.29 bits per heavy atom. The Morgan fingerprint density at radius 3 is 2.43 bits per heavy atom. The van der Waals surface area contributed by atoms with Crippen LogP contribution in [-0.4, -0.2) is 11.2 Å². The Bertz CT molecular complexity index is 296. The summed E-state index contributed by atoms with van der Waals surface area (Å²) in [6.07, 6.45) is -0.488. The number of alkyl halides is 1. The molecular formula is C12H17ClO. The van der Waals surface area contributed by atoms with Gasteiger partial charge in [-0.3, -0.25) is 0 Å². The summed E-state index contributed by atoms with van der Waals surface area (Å²) < 4.78 is 0. The largest absolute Gasteiger partial charge is 0.391 e. The normalized spacial score (nSPS) is 15.6. The van der Waals surface area contributed by atoms with E-state index >= 15 is 0 Å². The van der Waals surface area contributed by atoms with E-state index in [1.165, 1.54) is 5.56 Å². The number of halogens is 1. The summed E-state index contributed by atoms with van der Waals surface area (Å²) in [6.45, 7) is 5.96. The van der Waals surface area contributed by atoms with Gasteiger partial charge in [0.2, 0.25) is 0 Å². The van der Waals surface area contributed by atoms with Crippen LogP contribution < -0.4 is 0 Å². The molecule has 0 heterocycles. The van der Waals surface area contributed by atoms with Gasteiger partial charge in [-0.2, -0.15) is 0 Å².